The van der Waals surface area contributed by atoms with Crippen molar-refractivity contribution in [2.24, 2.45) is 0 Å². The topological polar surface area (TPSA) is 81.7 Å². The molecule has 0 radical (unpaired) electrons. The monoisotopic (exact) mass is 345 g/mol. The third-order valence-corrected chi connectivity index (χ3v) is 3.73. The summed E-state index contributed by atoms with van der Waals surface area (Å²) in [5, 5.41) is 13.6. The third kappa shape index (κ3) is 4.60. The van der Waals surface area contributed by atoms with E-state index in [0.29, 0.717) is 5.56 Å². The Morgan fingerprint density at radius 2 is 1.96 bits per heavy atom. The van der Waals surface area contributed by atoms with Crippen LogP contribution in [0.5, 0.6) is 0 Å². The lowest BCUT2D eigenvalue weighted by molar-refractivity contribution is -0.146. The van der Waals surface area contributed by atoms with Crippen LogP contribution in [-0.4, -0.2) is 49.8 Å². The molecular formula is C15H18F3N3O3. The Morgan fingerprint density at radius 3 is 2.62 bits per heavy atom. The van der Waals surface area contributed by atoms with Crippen molar-refractivity contribution < 1.29 is 27.9 Å². The van der Waals surface area contributed by atoms with Crippen LogP contribution in [0.25, 0.3) is 0 Å². The first-order valence-corrected chi connectivity index (χ1v) is 7.32. The van der Waals surface area contributed by atoms with E-state index in [1.165, 1.54) is 5.32 Å². The second-order valence-corrected chi connectivity index (χ2v) is 5.58. The summed E-state index contributed by atoms with van der Waals surface area (Å²) in [5.74, 6) is -2.62. The van der Waals surface area contributed by atoms with Crippen LogP contribution in [0.3, 0.4) is 0 Å². The molecule has 1 heterocycles. The first-order chi connectivity index (χ1) is 11.2. The van der Waals surface area contributed by atoms with Crippen LogP contribution in [0.4, 0.5) is 18.9 Å². The fourth-order valence-corrected chi connectivity index (χ4v) is 2.44. The number of hydrogen-bond donors (Lipinski definition) is 3. The predicted molar refractivity (Wildman–Crippen MR) is 80.5 cm³/mol. The number of nitrogens with one attached hydrogen (secondary N) is 2. The standard InChI is InChI=1S/C15H18F3N3O3/c1-21-5-4-9-6-10(2-3-11(9)21)12(22)7-19-13(23)14(24)20-8-15(16,17)18/h2-3,6,12,22H,4-5,7-8H2,1H3,(H,19,23)(H,20,24). The SMILES string of the molecule is CN1CCc2cc(C(O)CNC(=O)C(=O)NCC(F)(F)F)ccc21. The lowest BCUT2D eigenvalue weighted by Gasteiger charge is -2.15. The van der Waals surface area contributed by atoms with E-state index in [1.807, 2.05) is 19.2 Å². The molecule has 0 bridgehead atoms. The number of carbonyl (C=O) groups is 2. The molecule has 0 saturated carbocycles. The van der Waals surface area contributed by atoms with Gasteiger partial charge in [-0.25, -0.2) is 0 Å². The summed E-state index contributed by atoms with van der Waals surface area (Å²) in [6.07, 6.45) is -4.80. The maximum atomic E-state index is 12.0. The van der Waals surface area contributed by atoms with Crippen molar-refractivity contribution in [2.75, 3.05) is 31.6 Å². The number of hydrogen-bond acceptors (Lipinski definition) is 4. The zero-order valence-corrected chi connectivity index (χ0v) is 13.0. The number of nitrogens with zero attached hydrogens (tertiary/aromatic N) is 1. The number of anilines is 1. The second-order valence-electron chi connectivity index (χ2n) is 5.58. The van der Waals surface area contributed by atoms with Crippen LogP contribution in [0.15, 0.2) is 18.2 Å². The van der Waals surface area contributed by atoms with Crippen molar-refractivity contribution in [3.05, 3.63) is 29.3 Å². The van der Waals surface area contributed by atoms with E-state index in [-0.39, 0.29) is 6.54 Å². The van der Waals surface area contributed by atoms with Gasteiger partial charge in [0, 0.05) is 25.8 Å². The van der Waals surface area contributed by atoms with Gasteiger partial charge in [0.1, 0.15) is 6.54 Å². The summed E-state index contributed by atoms with van der Waals surface area (Å²) in [5.41, 5.74) is 2.71. The molecule has 9 heteroatoms. The van der Waals surface area contributed by atoms with E-state index in [0.717, 1.165) is 24.2 Å². The molecule has 0 aliphatic carbocycles. The fourth-order valence-electron chi connectivity index (χ4n) is 2.44. The lowest BCUT2D eigenvalue weighted by Crippen LogP contribution is -2.44. The van der Waals surface area contributed by atoms with Crippen molar-refractivity contribution in [3.63, 3.8) is 0 Å². The Balaban J connectivity index is 1.86. The molecule has 1 aromatic carbocycles. The largest absolute Gasteiger partial charge is 0.405 e. The Kier molecular flexibility index (Phi) is 5.33. The average molecular weight is 345 g/mol. The Hall–Kier alpha value is -2.29. The van der Waals surface area contributed by atoms with Gasteiger partial charge in [-0.1, -0.05) is 12.1 Å². The molecule has 1 aliphatic rings. The minimum Gasteiger partial charge on any atom is -0.387 e. The molecule has 2 rings (SSSR count). The van der Waals surface area contributed by atoms with Crippen LogP contribution >= 0.6 is 0 Å². The molecule has 0 aromatic heterocycles. The summed E-state index contributed by atoms with van der Waals surface area (Å²) in [6.45, 7) is -0.974. The van der Waals surface area contributed by atoms with Gasteiger partial charge >= 0.3 is 18.0 Å². The molecule has 6 nitrogen and oxygen atoms in total. The minimum atomic E-state index is -4.59. The van der Waals surface area contributed by atoms with Crippen molar-refractivity contribution >= 4 is 17.5 Å². The normalized spacial score (nSPS) is 15.0. The highest BCUT2D eigenvalue weighted by Crippen LogP contribution is 2.29. The number of rotatable bonds is 4. The van der Waals surface area contributed by atoms with Crippen LogP contribution in [0.1, 0.15) is 17.2 Å². The second kappa shape index (κ2) is 7.08. The third-order valence-electron chi connectivity index (χ3n) is 3.73. The van der Waals surface area contributed by atoms with Crippen LogP contribution in [0.2, 0.25) is 0 Å². The van der Waals surface area contributed by atoms with E-state index in [4.69, 9.17) is 0 Å². The lowest BCUT2D eigenvalue weighted by atomic mass is 10.0. The number of alkyl halides is 3. The Morgan fingerprint density at radius 1 is 1.29 bits per heavy atom. The van der Waals surface area contributed by atoms with E-state index < -0.39 is 30.6 Å². The van der Waals surface area contributed by atoms with Gasteiger partial charge in [0.2, 0.25) is 0 Å². The van der Waals surface area contributed by atoms with Crippen LogP contribution in [0, 0.1) is 0 Å². The molecule has 0 spiro atoms. The van der Waals surface area contributed by atoms with E-state index in [1.54, 1.807) is 6.07 Å². The summed E-state index contributed by atoms with van der Waals surface area (Å²) < 4.78 is 35.9. The average Bonchev–Trinajstić information content (AvgIpc) is 2.89. The van der Waals surface area contributed by atoms with Gasteiger partial charge in [-0.15, -0.1) is 0 Å². The molecule has 24 heavy (non-hydrogen) atoms. The molecule has 2 amide bonds. The molecule has 1 unspecified atom stereocenters. The van der Waals surface area contributed by atoms with Gasteiger partial charge < -0.3 is 20.6 Å². The van der Waals surface area contributed by atoms with Gasteiger partial charge in [-0.2, -0.15) is 13.2 Å². The van der Waals surface area contributed by atoms with Gasteiger partial charge in [0.25, 0.3) is 0 Å². The molecule has 0 fully saturated rings. The summed E-state index contributed by atoms with van der Waals surface area (Å²) in [7, 11) is 1.96. The van der Waals surface area contributed by atoms with Crippen molar-refractivity contribution in [1.29, 1.82) is 0 Å². The zero-order valence-electron chi connectivity index (χ0n) is 13.0. The number of carbonyl (C=O) groups excluding carboxylic acids is 2. The van der Waals surface area contributed by atoms with Crippen molar-refractivity contribution in [2.45, 2.75) is 18.7 Å². The first kappa shape index (κ1) is 18.1. The number of fused-ring (bicyclic) bond motifs is 1. The number of amides is 2. The number of benzene rings is 1. The highest BCUT2D eigenvalue weighted by Gasteiger charge is 2.29. The predicted octanol–water partition coefficient (Wildman–Crippen LogP) is 0.507. The number of aliphatic hydroxyl groups is 1. The van der Waals surface area contributed by atoms with Gasteiger partial charge in [-0.05, 0) is 23.6 Å². The summed E-state index contributed by atoms with van der Waals surface area (Å²) in [4.78, 5) is 24.7. The number of aliphatic hydroxyl groups excluding tert-OH is 1. The van der Waals surface area contributed by atoms with Crippen molar-refractivity contribution in [3.8, 4) is 0 Å². The van der Waals surface area contributed by atoms with E-state index in [9.17, 15) is 27.9 Å². The summed E-state index contributed by atoms with van der Waals surface area (Å²) in [6, 6.07) is 5.39. The molecule has 3 N–H and O–H groups in total. The molecule has 0 saturated heterocycles. The highest BCUT2D eigenvalue weighted by atomic mass is 19.4. The van der Waals surface area contributed by atoms with Gasteiger partial charge in [-0.3, -0.25) is 9.59 Å². The number of halogens is 3. The maximum absolute atomic E-state index is 12.0. The van der Waals surface area contributed by atoms with Crippen LogP contribution < -0.4 is 15.5 Å². The Bertz CT molecular complexity index is 634. The first-order valence-electron chi connectivity index (χ1n) is 7.32. The van der Waals surface area contributed by atoms with E-state index >= 15 is 0 Å². The summed E-state index contributed by atoms with van der Waals surface area (Å²) >= 11 is 0. The maximum Gasteiger partial charge on any atom is 0.405 e. The quantitative estimate of drug-likeness (QED) is 0.695. The smallest absolute Gasteiger partial charge is 0.387 e. The number of likely N-dealkylation sites (N-methyl/N-ethyl adjacent to an activating group) is 1. The minimum absolute atomic E-state index is 0.271. The molecule has 1 atom stereocenters. The molecule has 1 aromatic rings. The zero-order chi connectivity index (χ0) is 17.9. The van der Waals surface area contributed by atoms with Gasteiger partial charge in [0.15, 0.2) is 0 Å². The molecule has 1 aliphatic heterocycles. The van der Waals surface area contributed by atoms with Crippen molar-refractivity contribution in [1.82, 2.24) is 10.6 Å². The van der Waals surface area contributed by atoms with Crippen LogP contribution in [-0.2, 0) is 16.0 Å². The fraction of sp³-hybridized carbons (Fsp3) is 0.467. The van der Waals surface area contributed by atoms with E-state index in [2.05, 4.69) is 10.2 Å². The molecule has 132 valence electrons. The molecular weight excluding hydrogens is 327 g/mol. The van der Waals surface area contributed by atoms with Gasteiger partial charge in [0.05, 0.1) is 6.10 Å². The highest BCUT2D eigenvalue weighted by molar-refractivity contribution is 6.35. The Labute approximate surface area is 136 Å².